The van der Waals surface area contributed by atoms with E-state index >= 15 is 0 Å². The third-order valence-electron chi connectivity index (χ3n) is 9.23. The van der Waals surface area contributed by atoms with Crippen LogP contribution in [0.2, 0.25) is 5.02 Å². The van der Waals surface area contributed by atoms with Crippen molar-refractivity contribution < 1.29 is 10.2 Å². The molecule has 30 heavy (non-hydrogen) atoms. The molecule has 7 unspecified atom stereocenters. The van der Waals surface area contributed by atoms with Crippen molar-refractivity contribution in [3.63, 3.8) is 0 Å². The van der Waals surface area contributed by atoms with Crippen LogP contribution in [0.3, 0.4) is 0 Å². The van der Waals surface area contributed by atoms with E-state index in [9.17, 15) is 10.2 Å². The predicted octanol–water partition coefficient (Wildman–Crippen LogP) is 6.51. The molecule has 0 aromatic heterocycles. The molecule has 0 aliphatic heterocycles. The number of allylic oxidation sites excluding steroid dienone is 2. The molecule has 0 radical (unpaired) electrons. The number of hydrogen-bond donors (Lipinski definition) is 2. The summed E-state index contributed by atoms with van der Waals surface area (Å²) in [4.78, 5) is 0. The van der Waals surface area contributed by atoms with Crippen LogP contribution < -0.4 is 0 Å². The highest BCUT2D eigenvalue weighted by Gasteiger charge is 2.56. The second-order valence-corrected chi connectivity index (χ2v) is 11.0. The van der Waals surface area contributed by atoms with E-state index in [2.05, 4.69) is 32.6 Å². The molecule has 3 saturated carbocycles. The molecule has 0 amide bonds. The summed E-state index contributed by atoms with van der Waals surface area (Å²) in [6, 6.07) is 7.93. The Morgan fingerprint density at radius 2 is 1.83 bits per heavy atom. The molecule has 4 rings (SSSR count). The highest BCUT2D eigenvalue weighted by Crippen LogP contribution is 2.63. The number of aliphatic hydroxyl groups excluding tert-OH is 2. The maximum Gasteiger partial charge on any atom is 0.0546 e. The Morgan fingerprint density at radius 3 is 2.53 bits per heavy atom. The number of hydrogen-bond acceptors (Lipinski definition) is 2. The van der Waals surface area contributed by atoms with Crippen LogP contribution in [0, 0.1) is 34.5 Å². The summed E-state index contributed by atoms with van der Waals surface area (Å²) in [5.41, 5.74) is 2.83. The first-order valence-corrected chi connectivity index (χ1v) is 12.1. The average molecular weight is 429 g/mol. The number of fused-ring (bicyclic) bond motifs is 1. The van der Waals surface area contributed by atoms with Crippen LogP contribution in [0.15, 0.2) is 42.5 Å². The van der Waals surface area contributed by atoms with Crippen molar-refractivity contribution in [3.8, 4) is 0 Å². The maximum absolute atomic E-state index is 10.5. The summed E-state index contributed by atoms with van der Waals surface area (Å²) < 4.78 is 0. The molecule has 3 aliphatic rings. The maximum atomic E-state index is 10.5. The fourth-order valence-electron chi connectivity index (χ4n) is 7.17. The first-order chi connectivity index (χ1) is 14.3. The van der Waals surface area contributed by atoms with E-state index in [1.807, 2.05) is 24.3 Å². The lowest BCUT2D eigenvalue weighted by Crippen LogP contribution is -2.50. The first kappa shape index (κ1) is 22.1. The van der Waals surface area contributed by atoms with Gasteiger partial charge >= 0.3 is 0 Å². The third kappa shape index (κ3) is 3.80. The minimum Gasteiger partial charge on any atom is -0.396 e. The average Bonchev–Trinajstić information content (AvgIpc) is 3.04. The molecule has 1 aromatic rings. The highest BCUT2D eigenvalue weighted by molar-refractivity contribution is 6.30. The zero-order chi connectivity index (χ0) is 21.5. The lowest BCUT2D eigenvalue weighted by atomic mass is 9.49. The molecular weight excluding hydrogens is 392 g/mol. The summed E-state index contributed by atoms with van der Waals surface area (Å²) in [6.45, 7) is 9.47. The molecule has 0 spiro atoms. The standard InChI is InChI=1S/C27H37ClO2/c1-18-4-11-24-23(17-29)25(13-15-26(18,24)2)27(3)14-12-22(30)16-20(27)8-5-19-6-9-21(28)10-7-19/h5-10,20,22-25,29-30H,1,4,11-17H2,2-3H3. The van der Waals surface area contributed by atoms with Gasteiger partial charge in [-0.25, -0.2) is 0 Å². The van der Waals surface area contributed by atoms with E-state index in [-0.39, 0.29) is 23.5 Å². The van der Waals surface area contributed by atoms with Crippen LogP contribution >= 0.6 is 11.6 Å². The molecule has 164 valence electrons. The van der Waals surface area contributed by atoms with Crippen LogP contribution in [-0.4, -0.2) is 22.9 Å². The van der Waals surface area contributed by atoms with Crippen molar-refractivity contribution in [1.82, 2.24) is 0 Å². The largest absolute Gasteiger partial charge is 0.396 e. The molecule has 0 saturated heterocycles. The van der Waals surface area contributed by atoms with Gasteiger partial charge in [0.25, 0.3) is 0 Å². The Hall–Kier alpha value is -1.09. The predicted molar refractivity (Wildman–Crippen MR) is 125 cm³/mol. The van der Waals surface area contributed by atoms with Crippen molar-refractivity contribution in [2.45, 2.75) is 64.9 Å². The quantitative estimate of drug-likeness (QED) is 0.536. The van der Waals surface area contributed by atoms with Gasteiger partial charge in [0.2, 0.25) is 0 Å². The van der Waals surface area contributed by atoms with Crippen molar-refractivity contribution >= 4 is 17.7 Å². The zero-order valence-corrected chi connectivity index (χ0v) is 19.2. The Kier molecular flexibility index (Phi) is 6.23. The molecule has 2 N–H and O–H groups in total. The summed E-state index contributed by atoms with van der Waals surface area (Å²) in [7, 11) is 0. The molecule has 3 heteroatoms. The van der Waals surface area contributed by atoms with Gasteiger partial charge in [-0.3, -0.25) is 0 Å². The first-order valence-electron chi connectivity index (χ1n) is 11.7. The van der Waals surface area contributed by atoms with Gasteiger partial charge < -0.3 is 10.2 Å². The summed E-state index contributed by atoms with van der Waals surface area (Å²) >= 11 is 6.04. The normalized spacial score (nSPS) is 41.9. The Bertz CT molecular complexity index is 800. The van der Waals surface area contributed by atoms with E-state index in [0.29, 0.717) is 23.7 Å². The Balaban J connectivity index is 1.62. The van der Waals surface area contributed by atoms with Crippen molar-refractivity contribution in [2.75, 3.05) is 6.61 Å². The van der Waals surface area contributed by atoms with Crippen LogP contribution in [0.5, 0.6) is 0 Å². The van der Waals surface area contributed by atoms with E-state index in [1.165, 1.54) is 18.4 Å². The molecule has 7 atom stereocenters. The minimum atomic E-state index is -0.231. The van der Waals surface area contributed by atoms with Gasteiger partial charge in [0, 0.05) is 11.6 Å². The zero-order valence-electron chi connectivity index (χ0n) is 18.5. The number of aliphatic hydroxyl groups is 2. The van der Waals surface area contributed by atoms with Gasteiger partial charge in [0.1, 0.15) is 0 Å². The fourth-order valence-corrected chi connectivity index (χ4v) is 7.30. The molecule has 0 bridgehead atoms. The topological polar surface area (TPSA) is 40.5 Å². The summed E-state index contributed by atoms with van der Waals surface area (Å²) in [5.74, 6) is 1.66. The number of halogens is 1. The van der Waals surface area contributed by atoms with Gasteiger partial charge in [-0.05, 0) is 97.1 Å². The molecule has 1 aromatic carbocycles. The van der Waals surface area contributed by atoms with Crippen molar-refractivity contribution in [3.05, 3.63) is 53.1 Å². The smallest absolute Gasteiger partial charge is 0.0546 e. The van der Waals surface area contributed by atoms with Gasteiger partial charge in [-0.1, -0.05) is 61.9 Å². The molecule has 3 fully saturated rings. The Morgan fingerprint density at radius 1 is 1.10 bits per heavy atom. The lowest BCUT2D eigenvalue weighted by molar-refractivity contribution is -0.0823. The lowest BCUT2D eigenvalue weighted by Gasteiger charge is -2.56. The second-order valence-electron chi connectivity index (χ2n) is 10.6. The molecule has 0 heterocycles. The molecule has 2 nitrogen and oxygen atoms in total. The third-order valence-corrected chi connectivity index (χ3v) is 9.48. The van der Waals surface area contributed by atoms with E-state index in [1.54, 1.807) is 0 Å². The van der Waals surface area contributed by atoms with Gasteiger partial charge in [-0.2, -0.15) is 0 Å². The van der Waals surface area contributed by atoms with E-state index < -0.39 is 0 Å². The fraction of sp³-hybridized carbons (Fsp3) is 0.630. The van der Waals surface area contributed by atoms with Crippen LogP contribution in [0.4, 0.5) is 0 Å². The van der Waals surface area contributed by atoms with E-state index in [0.717, 1.165) is 42.7 Å². The van der Waals surface area contributed by atoms with Gasteiger partial charge in [-0.15, -0.1) is 0 Å². The molecular formula is C27H37ClO2. The number of benzene rings is 1. The summed E-state index contributed by atoms with van der Waals surface area (Å²) in [5, 5.41) is 21.7. The summed E-state index contributed by atoms with van der Waals surface area (Å²) in [6.07, 6.45) is 11.6. The van der Waals surface area contributed by atoms with Crippen molar-refractivity contribution in [2.24, 2.45) is 34.5 Å². The van der Waals surface area contributed by atoms with Crippen molar-refractivity contribution in [1.29, 1.82) is 0 Å². The highest BCUT2D eigenvalue weighted by atomic mass is 35.5. The SMILES string of the molecule is C=C1CCC2C(CO)C(C3(C)CCC(O)CC3C=Cc3ccc(Cl)cc3)CCC12C. The monoisotopic (exact) mass is 428 g/mol. The molecule has 3 aliphatic carbocycles. The van der Waals surface area contributed by atoms with Gasteiger partial charge in [0.05, 0.1) is 6.10 Å². The second kappa shape index (κ2) is 8.45. The van der Waals surface area contributed by atoms with Crippen LogP contribution in [0.25, 0.3) is 6.08 Å². The Labute approximate surface area is 187 Å². The van der Waals surface area contributed by atoms with E-state index in [4.69, 9.17) is 11.6 Å². The van der Waals surface area contributed by atoms with Crippen LogP contribution in [-0.2, 0) is 0 Å². The van der Waals surface area contributed by atoms with Gasteiger partial charge in [0.15, 0.2) is 0 Å². The van der Waals surface area contributed by atoms with Crippen LogP contribution in [0.1, 0.15) is 64.4 Å². The minimum absolute atomic E-state index is 0.0980. The number of rotatable bonds is 4.